The molecule has 0 aliphatic carbocycles. The van der Waals surface area contributed by atoms with Crippen molar-refractivity contribution < 1.29 is 9.53 Å². The lowest BCUT2D eigenvalue weighted by atomic mass is 10.2. The topological polar surface area (TPSA) is 38.3 Å². The number of amides is 1. The minimum Gasteiger partial charge on any atom is -0.496 e. The number of rotatable bonds is 3. The van der Waals surface area contributed by atoms with E-state index >= 15 is 0 Å². The first kappa shape index (κ1) is 14.3. The van der Waals surface area contributed by atoms with Crippen LogP contribution in [0.1, 0.15) is 10.4 Å². The minimum atomic E-state index is -0.189. The largest absolute Gasteiger partial charge is 0.496 e. The summed E-state index contributed by atoms with van der Waals surface area (Å²) in [6, 6.07) is 12.9. The van der Waals surface area contributed by atoms with E-state index in [0.717, 1.165) is 13.7 Å². The van der Waals surface area contributed by atoms with Gasteiger partial charge in [-0.25, -0.2) is 0 Å². The van der Waals surface area contributed by atoms with Crippen molar-refractivity contribution in [3.05, 3.63) is 56.1 Å². The number of halogens is 2. The normalized spacial score (nSPS) is 10.1. The van der Waals surface area contributed by atoms with Crippen LogP contribution in [0.3, 0.4) is 0 Å². The van der Waals surface area contributed by atoms with Crippen LogP contribution >= 0.6 is 38.5 Å². The van der Waals surface area contributed by atoms with Crippen molar-refractivity contribution in [3.63, 3.8) is 0 Å². The van der Waals surface area contributed by atoms with Crippen molar-refractivity contribution in [1.82, 2.24) is 0 Å². The van der Waals surface area contributed by atoms with Crippen molar-refractivity contribution in [3.8, 4) is 5.75 Å². The third kappa shape index (κ3) is 3.70. The number of anilines is 1. The van der Waals surface area contributed by atoms with Gasteiger partial charge in [-0.15, -0.1) is 0 Å². The summed E-state index contributed by atoms with van der Waals surface area (Å²) in [6.07, 6.45) is 0. The highest BCUT2D eigenvalue weighted by molar-refractivity contribution is 14.1. The van der Waals surface area contributed by atoms with Gasteiger partial charge in [-0.05, 0) is 65.1 Å². The van der Waals surface area contributed by atoms with Crippen LogP contribution in [0, 0.1) is 3.57 Å². The summed E-state index contributed by atoms with van der Waals surface area (Å²) in [6.45, 7) is 0. The molecule has 0 aliphatic heterocycles. The second-order valence-electron chi connectivity index (χ2n) is 3.81. The molecule has 3 nitrogen and oxygen atoms in total. The van der Waals surface area contributed by atoms with E-state index in [9.17, 15) is 4.79 Å². The molecule has 0 aliphatic rings. The SMILES string of the molecule is COc1cc(Br)ccc1C(=O)Nc1ccc(I)cc1. The summed E-state index contributed by atoms with van der Waals surface area (Å²) < 4.78 is 7.20. The second kappa shape index (κ2) is 6.38. The van der Waals surface area contributed by atoms with Gasteiger partial charge in [-0.3, -0.25) is 4.79 Å². The molecular formula is C14H11BrINO2. The summed E-state index contributed by atoms with van der Waals surface area (Å²) in [4.78, 5) is 12.2. The van der Waals surface area contributed by atoms with E-state index < -0.39 is 0 Å². The molecule has 1 amide bonds. The molecule has 0 bridgehead atoms. The zero-order valence-electron chi connectivity index (χ0n) is 10.1. The number of hydrogen-bond donors (Lipinski definition) is 1. The fourth-order valence-corrected chi connectivity index (χ4v) is 2.28. The van der Waals surface area contributed by atoms with E-state index in [1.165, 1.54) is 0 Å². The van der Waals surface area contributed by atoms with Gasteiger partial charge in [-0.1, -0.05) is 15.9 Å². The van der Waals surface area contributed by atoms with Gasteiger partial charge >= 0.3 is 0 Å². The van der Waals surface area contributed by atoms with Crippen LogP contribution in [0.4, 0.5) is 5.69 Å². The summed E-state index contributed by atoms with van der Waals surface area (Å²) in [5.41, 5.74) is 1.26. The lowest BCUT2D eigenvalue weighted by Crippen LogP contribution is -2.13. The summed E-state index contributed by atoms with van der Waals surface area (Å²) in [5.74, 6) is 0.350. The molecule has 0 saturated carbocycles. The zero-order valence-corrected chi connectivity index (χ0v) is 13.9. The van der Waals surface area contributed by atoms with Crippen LogP contribution in [0.2, 0.25) is 0 Å². The Labute approximate surface area is 133 Å². The van der Waals surface area contributed by atoms with Crippen molar-refractivity contribution in [2.75, 3.05) is 12.4 Å². The molecule has 0 unspecified atom stereocenters. The molecule has 0 spiro atoms. The molecule has 19 heavy (non-hydrogen) atoms. The summed E-state index contributed by atoms with van der Waals surface area (Å²) >= 11 is 5.57. The van der Waals surface area contributed by atoms with E-state index in [0.29, 0.717) is 11.3 Å². The number of carbonyl (C=O) groups excluding carboxylic acids is 1. The molecule has 0 saturated heterocycles. The van der Waals surface area contributed by atoms with Crippen molar-refractivity contribution in [2.24, 2.45) is 0 Å². The maximum Gasteiger partial charge on any atom is 0.259 e. The first-order valence-electron chi connectivity index (χ1n) is 5.50. The molecule has 0 radical (unpaired) electrons. The van der Waals surface area contributed by atoms with E-state index in [4.69, 9.17) is 4.74 Å². The third-order valence-corrected chi connectivity index (χ3v) is 3.72. The molecule has 2 rings (SSSR count). The lowest BCUT2D eigenvalue weighted by Gasteiger charge is -2.09. The number of hydrogen-bond acceptors (Lipinski definition) is 2. The fraction of sp³-hybridized carbons (Fsp3) is 0.0714. The Morgan fingerprint density at radius 1 is 1.21 bits per heavy atom. The number of carbonyl (C=O) groups is 1. The number of ether oxygens (including phenoxy) is 1. The van der Waals surface area contributed by atoms with Gasteiger partial charge in [0, 0.05) is 13.7 Å². The van der Waals surface area contributed by atoms with Crippen molar-refractivity contribution >= 4 is 50.1 Å². The predicted molar refractivity (Wildman–Crippen MR) is 87.8 cm³/mol. The van der Waals surface area contributed by atoms with Crippen LogP contribution < -0.4 is 10.1 Å². The minimum absolute atomic E-state index is 0.189. The predicted octanol–water partition coefficient (Wildman–Crippen LogP) is 4.31. The molecule has 0 fully saturated rings. The van der Waals surface area contributed by atoms with E-state index in [-0.39, 0.29) is 5.91 Å². The molecule has 0 heterocycles. The maximum absolute atomic E-state index is 12.2. The third-order valence-electron chi connectivity index (χ3n) is 2.51. The van der Waals surface area contributed by atoms with Gasteiger partial charge in [-0.2, -0.15) is 0 Å². The van der Waals surface area contributed by atoms with Crippen LogP contribution in [-0.2, 0) is 0 Å². The van der Waals surface area contributed by atoms with Gasteiger partial charge in [0.15, 0.2) is 0 Å². The quantitative estimate of drug-likeness (QED) is 0.735. The Balaban J connectivity index is 2.22. The summed E-state index contributed by atoms with van der Waals surface area (Å²) in [7, 11) is 1.55. The zero-order chi connectivity index (χ0) is 13.8. The number of nitrogens with one attached hydrogen (secondary N) is 1. The van der Waals surface area contributed by atoms with Gasteiger partial charge in [0.25, 0.3) is 5.91 Å². The fourth-order valence-electron chi connectivity index (χ4n) is 1.58. The molecule has 0 aromatic heterocycles. The number of benzene rings is 2. The molecule has 2 aromatic rings. The number of methoxy groups -OCH3 is 1. The Morgan fingerprint density at radius 2 is 1.89 bits per heavy atom. The monoisotopic (exact) mass is 431 g/mol. The van der Waals surface area contributed by atoms with Crippen LogP contribution in [0.15, 0.2) is 46.9 Å². The molecular weight excluding hydrogens is 421 g/mol. The average molecular weight is 432 g/mol. The van der Waals surface area contributed by atoms with Crippen LogP contribution in [0.25, 0.3) is 0 Å². The lowest BCUT2D eigenvalue weighted by molar-refractivity contribution is 0.102. The highest BCUT2D eigenvalue weighted by atomic mass is 127. The average Bonchev–Trinajstić information content (AvgIpc) is 2.41. The molecule has 2 aromatic carbocycles. The van der Waals surface area contributed by atoms with E-state index in [1.807, 2.05) is 30.3 Å². The van der Waals surface area contributed by atoms with E-state index in [1.54, 1.807) is 19.2 Å². The smallest absolute Gasteiger partial charge is 0.259 e. The van der Waals surface area contributed by atoms with Gasteiger partial charge in [0.1, 0.15) is 5.75 Å². The van der Waals surface area contributed by atoms with Gasteiger partial charge < -0.3 is 10.1 Å². The standard InChI is InChI=1S/C14H11BrINO2/c1-19-13-8-9(15)2-7-12(13)14(18)17-11-5-3-10(16)4-6-11/h2-8H,1H3,(H,17,18). The Hall–Kier alpha value is -1.08. The Bertz CT molecular complexity index is 599. The molecule has 98 valence electrons. The molecule has 1 N–H and O–H groups in total. The second-order valence-corrected chi connectivity index (χ2v) is 5.97. The van der Waals surface area contributed by atoms with Crippen LogP contribution in [0.5, 0.6) is 5.75 Å². The van der Waals surface area contributed by atoms with Crippen molar-refractivity contribution in [1.29, 1.82) is 0 Å². The van der Waals surface area contributed by atoms with Crippen LogP contribution in [-0.4, -0.2) is 13.0 Å². The first-order valence-corrected chi connectivity index (χ1v) is 7.38. The first-order chi connectivity index (χ1) is 9.10. The van der Waals surface area contributed by atoms with Gasteiger partial charge in [0.05, 0.1) is 12.7 Å². The van der Waals surface area contributed by atoms with Gasteiger partial charge in [0.2, 0.25) is 0 Å². The van der Waals surface area contributed by atoms with Crippen molar-refractivity contribution in [2.45, 2.75) is 0 Å². The highest BCUT2D eigenvalue weighted by Crippen LogP contribution is 2.24. The molecule has 0 atom stereocenters. The highest BCUT2D eigenvalue weighted by Gasteiger charge is 2.12. The van der Waals surface area contributed by atoms with E-state index in [2.05, 4.69) is 43.8 Å². The Morgan fingerprint density at radius 3 is 2.53 bits per heavy atom. The molecule has 5 heteroatoms. The maximum atomic E-state index is 12.2. The summed E-state index contributed by atoms with van der Waals surface area (Å²) in [5, 5.41) is 2.84. The Kier molecular flexibility index (Phi) is 4.81.